The predicted octanol–water partition coefficient (Wildman–Crippen LogP) is 4.80. The lowest BCUT2D eigenvalue weighted by atomic mass is 10.2. The normalized spacial score (nSPS) is 11.1. The van der Waals surface area contributed by atoms with Crippen LogP contribution in [-0.2, 0) is 0 Å². The number of aromatic nitrogens is 2. The van der Waals surface area contributed by atoms with Crippen molar-refractivity contribution in [1.82, 2.24) is 9.97 Å². The van der Waals surface area contributed by atoms with Crippen LogP contribution in [0.25, 0.3) is 20.7 Å². The van der Waals surface area contributed by atoms with Crippen molar-refractivity contribution in [3.8, 4) is 10.4 Å². The van der Waals surface area contributed by atoms with E-state index in [-0.39, 0.29) is 5.02 Å². The highest BCUT2D eigenvalue weighted by Gasteiger charge is 2.10. The van der Waals surface area contributed by atoms with Crippen LogP contribution in [-0.4, -0.2) is 9.97 Å². The van der Waals surface area contributed by atoms with E-state index in [1.165, 1.54) is 23.7 Å². The minimum Gasteiger partial charge on any atom is -0.235 e. The lowest BCUT2D eigenvalue weighted by Gasteiger charge is -1.98. The summed E-state index contributed by atoms with van der Waals surface area (Å²) in [6, 6.07) is 6.49. The number of nitrogens with zero attached hydrogens (tertiary/aromatic N) is 2. The Morgan fingerprint density at radius 1 is 1.11 bits per heavy atom. The summed E-state index contributed by atoms with van der Waals surface area (Å²) in [5.41, 5.74) is 1.61. The van der Waals surface area contributed by atoms with E-state index < -0.39 is 5.82 Å². The molecule has 1 aromatic carbocycles. The lowest BCUT2D eigenvalue weighted by molar-refractivity contribution is 0.628. The van der Waals surface area contributed by atoms with Gasteiger partial charge in [0.1, 0.15) is 17.3 Å². The summed E-state index contributed by atoms with van der Waals surface area (Å²) in [6.07, 6.45) is 1.42. The molecule has 0 saturated heterocycles. The molecule has 0 radical (unpaired) electrons. The van der Waals surface area contributed by atoms with Crippen molar-refractivity contribution in [1.29, 1.82) is 0 Å². The topological polar surface area (TPSA) is 25.8 Å². The Balaban J connectivity index is 2.19. The molecule has 3 aromatic rings. The molecule has 2 heterocycles. The van der Waals surface area contributed by atoms with Crippen LogP contribution < -0.4 is 0 Å². The first-order chi connectivity index (χ1) is 8.65. The molecule has 0 atom stereocenters. The molecule has 0 amide bonds. The Morgan fingerprint density at radius 2 is 1.94 bits per heavy atom. The zero-order chi connectivity index (χ0) is 12.7. The van der Waals surface area contributed by atoms with Crippen LogP contribution in [0.2, 0.25) is 10.2 Å². The van der Waals surface area contributed by atoms with E-state index in [1.807, 2.05) is 6.07 Å². The summed E-state index contributed by atoms with van der Waals surface area (Å²) < 4.78 is 13.9. The Hall–Kier alpha value is -1.23. The molecule has 0 fully saturated rings. The van der Waals surface area contributed by atoms with Crippen molar-refractivity contribution < 1.29 is 4.39 Å². The van der Waals surface area contributed by atoms with Crippen LogP contribution in [0, 0.1) is 5.82 Å². The Kier molecular flexibility index (Phi) is 2.93. The molecule has 18 heavy (non-hydrogen) atoms. The molecule has 0 unspecified atom stereocenters. The molecular weight excluding hydrogens is 294 g/mol. The van der Waals surface area contributed by atoms with Gasteiger partial charge in [-0.3, -0.25) is 0 Å². The smallest absolute Gasteiger partial charge is 0.150 e. The molecule has 0 aliphatic heterocycles. The maximum Gasteiger partial charge on any atom is 0.150 e. The van der Waals surface area contributed by atoms with E-state index >= 15 is 0 Å². The highest BCUT2D eigenvalue weighted by Crippen LogP contribution is 2.36. The number of halogens is 3. The van der Waals surface area contributed by atoms with Gasteiger partial charge in [0.2, 0.25) is 0 Å². The molecule has 2 nitrogen and oxygen atoms in total. The van der Waals surface area contributed by atoms with Gasteiger partial charge in [-0.1, -0.05) is 29.3 Å². The lowest BCUT2D eigenvalue weighted by Crippen LogP contribution is -1.78. The molecule has 0 aliphatic carbocycles. The second-order valence-electron chi connectivity index (χ2n) is 3.62. The molecule has 0 N–H and O–H groups in total. The van der Waals surface area contributed by atoms with Gasteiger partial charge < -0.3 is 0 Å². The van der Waals surface area contributed by atoms with Crippen molar-refractivity contribution in [2.24, 2.45) is 0 Å². The second kappa shape index (κ2) is 4.46. The largest absolute Gasteiger partial charge is 0.235 e. The van der Waals surface area contributed by atoms with Gasteiger partial charge in [0.25, 0.3) is 0 Å². The SMILES string of the molecule is Fc1ccc(-c2cc3ncnc(Cl)c3s2)cc1Cl. The van der Waals surface area contributed by atoms with Crippen LogP contribution in [0.1, 0.15) is 0 Å². The summed E-state index contributed by atoms with van der Waals surface area (Å²) in [5.74, 6) is -0.431. The number of rotatable bonds is 1. The molecule has 3 rings (SSSR count). The Bertz CT molecular complexity index is 742. The fourth-order valence-corrected chi connectivity index (χ4v) is 3.04. The Morgan fingerprint density at radius 3 is 2.67 bits per heavy atom. The average Bonchev–Trinajstić information content (AvgIpc) is 2.78. The van der Waals surface area contributed by atoms with Crippen LogP contribution in [0.15, 0.2) is 30.6 Å². The number of hydrogen-bond acceptors (Lipinski definition) is 3. The van der Waals surface area contributed by atoms with Gasteiger partial charge in [-0.2, -0.15) is 0 Å². The van der Waals surface area contributed by atoms with E-state index in [0.29, 0.717) is 5.15 Å². The van der Waals surface area contributed by atoms with Gasteiger partial charge in [-0.25, -0.2) is 14.4 Å². The molecular formula is C12H5Cl2FN2S. The average molecular weight is 299 g/mol. The maximum atomic E-state index is 13.1. The van der Waals surface area contributed by atoms with Gasteiger partial charge in [0.05, 0.1) is 15.2 Å². The minimum absolute atomic E-state index is 0.0992. The fraction of sp³-hybridized carbons (Fsp3) is 0. The van der Waals surface area contributed by atoms with Gasteiger partial charge in [0.15, 0.2) is 0 Å². The van der Waals surface area contributed by atoms with Crippen molar-refractivity contribution in [3.05, 3.63) is 46.6 Å². The summed E-state index contributed by atoms with van der Waals surface area (Å²) in [6.45, 7) is 0. The molecule has 0 bridgehead atoms. The van der Waals surface area contributed by atoms with E-state index in [9.17, 15) is 4.39 Å². The molecule has 6 heteroatoms. The number of hydrogen-bond donors (Lipinski definition) is 0. The van der Waals surface area contributed by atoms with Crippen LogP contribution >= 0.6 is 34.5 Å². The standard InChI is InChI=1S/C12H5Cl2FN2S/c13-7-3-6(1-2-8(7)15)10-4-9-11(18-10)12(14)17-5-16-9/h1-5H. The first-order valence-electron chi connectivity index (χ1n) is 5.00. The van der Waals surface area contributed by atoms with Gasteiger partial charge >= 0.3 is 0 Å². The van der Waals surface area contributed by atoms with E-state index in [4.69, 9.17) is 23.2 Å². The van der Waals surface area contributed by atoms with Crippen LogP contribution in [0.5, 0.6) is 0 Å². The molecule has 0 spiro atoms. The molecule has 90 valence electrons. The third-order valence-electron chi connectivity index (χ3n) is 2.47. The Labute approximate surface area is 116 Å². The van der Waals surface area contributed by atoms with Crippen molar-refractivity contribution in [2.45, 2.75) is 0 Å². The zero-order valence-corrected chi connectivity index (χ0v) is 11.2. The first-order valence-corrected chi connectivity index (χ1v) is 6.58. The molecule has 0 saturated carbocycles. The summed E-state index contributed by atoms with van der Waals surface area (Å²) in [5, 5.41) is 0.520. The van der Waals surface area contributed by atoms with Gasteiger partial charge in [-0.15, -0.1) is 11.3 Å². The quantitative estimate of drug-likeness (QED) is 0.603. The van der Waals surface area contributed by atoms with Gasteiger partial charge in [0, 0.05) is 4.88 Å². The minimum atomic E-state index is -0.431. The third kappa shape index (κ3) is 1.96. The number of thiophene rings is 1. The van der Waals surface area contributed by atoms with Crippen molar-refractivity contribution in [2.75, 3.05) is 0 Å². The fourth-order valence-electron chi connectivity index (χ4n) is 1.62. The number of fused-ring (bicyclic) bond motifs is 1. The highest BCUT2D eigenvalue weighted by molar-refractivity contribution is 7.22. The summed E-state index contributed by atoms with van der Waals surface area (Å²) in [7, 11) is 0. The van der Waals surface area contributed by atoms with Crippen LogP contribution in [0.4, 0.5) is 4.39 Å². The van der Waals surface area contributed by atoms with Crippen molar-refractivity contribution in [3.63, 3.8) is 0 Å². The summed E-state index contributed by atoms with van der Waals surface area (Å²) >= 11 is 13.2. The van der Waals surface area contributed by atoms with Gasteiger partial charge in [-0.05, 0) is 23.8 Å². The summed E-state index contributed by atoms with van der Waals surface area (Å²) in [4.78, 5) is 8.99. The van der Waals surface area contributed by atoms with E-state index in [0.717, 1.165) is 20.7 Å². The number of benzene rings is 1. The molecule has 0 aliphatic rings. The highest BCUT2D eigenvalue weighted by atomic mass is 35.5. The third-order valence-corrected chi connectivity index (χ3v) is 4.34. The maximum absolute atomic E-state index is 13.1. The molecule has 2 aromatic heterocycles. The second-order valence-corrected chi connectivity index (χ2v) is 5.44. The van der Waals surface area contributed by atoms with E-state index in [2.05, 4.69) is 9.97 Å². The van der Waals surface area contributed by atoms with Crippen molar-refractivity contribution >= 4 is 44.8 Å². The monoisotopic (exact) mass is 298 g/mol. The van der Waals surface area contributed by atoms with E-state index in [1.54, 1.807) is 12.1 Å². The van der Waals surface area contributed by atoms with Crippen LogP contribution in [0.3, 0.4) is 0 Å². The predicted molar refractivity (Wildman–Crippen MR) is 72.8 cm³/mol. The zero-order valence-electron chi connectivity index (χ0n) is 8.82. The first kappa shape index (κ1) is 11.8.